The van der Waals surface area contributed by atoms with Gasteiger partial charge >= 0.3 is 12.1 Å². The Labute approximate surface area is 107 Å². The first-order chi connectivity index (χ1) is 8.24. The van der Waals surface area contributed by atoms with Crippen molar-refractivity contribution in [3.8, 4) is 0 Å². The lowest BCUT2D eigenvalue weighted by atomic mass is 10.2. The fraction of sp³-hybridized carbons (Fsp3) is 0.833. The predicted octanol–water partition coefficient (Wildman–Crippen LogP) is 1.18. The van der Waals surface area contributed by atoms with Crippen LogP contribution in [0.3, 0.4) is 0 Å². The van der Waals surface area contributed by atoms with E-state index in [2.05, 4.69) is 4.74 Å². The van der Waals surface area contributed by atoms with Crippen LogP contribution in [0.1, 0.15) is 27.7 Å². The lowest BCUT2D eigenvalue weighted by molar-refractivity contribution is -0.161. The van der Waals surface area contributed by atoms with Crippen molar-refractivity contribution in [2.45, 2.75) is 45.4 Å². The topological polar surface area (TPSA) is 65.1 Å². The van der Waals surface area contributed by atoms with Gasteiger partial charge in [-0.25, -0.2) is 9.59 Å². The maximum atomic E-state index is 12.0. The van der Waals surface area contributed by atoms with E-state index in [1.54, 1.807) is 20.8 Å². The summed E-state index contributed by atoms with van der Waals surface area (Å²) in [6.45, 7) is 7.69. The molecule has 1 unspecified atom stereocenters. The molecule has 1 heterocycles. The molecule has 0 bridgehead atoms. The van der Waals surface area contributed by atoms with Gasteiger partial charge in [-0.1, -0.05) is 0 Å². The monoisotopic (exact) mass is 259 g/mol. The number of carbonyl (C=O) groups excluding carboxylic acids is 2. The summed E-state index contributed by atoms with van der Waals surface area (Å²) in [5.41, 5.74) is -0.560. The van der Waals surface area contributed by atoms with E-state index in [-0.39, 0.29) is 12.6 Å². The number of methoxy groups -OCH3 is 1. The quantitative estimate of drug-likeness (QED) is 0.662. The largest absolute Gasteiger partial charge is 0.467 e. The second-order valence-electron chi connectivity index (χ2n) is 5.33. The van der Waals surface area contributed by atoms with Crippen molar-refractivity contribution in [3.63, 3.8) is 0 Å². The minimum absolute atomic E-state index is 0.124. The normalized spacial score (nSPS) is 24.6. The van der Waals surface area contributed by atoms with Gasteiger partial charge in [0.25, 0.3) is 0 Å². The van der Waals surface area contributed by atoms with Gasteiger partial charge in [-0.15, -0.1) is 0 Å². The van der Waals surface area contributed by atoms with Crippen LogP contribution in [0.5, 0.6) is 0 Å². The van der Waals surface area contributed by atoms with E-state index in [4.69, 9.17) is 9.47 Å². The summed E-state index contributed by atoms with van der Waals surface area (Å²) in [6.07, 6.45) is -1.18. The van der Waals surface area contributed by atoms with E-state index in [0.717, 1.165) is 0 Å². The average Bonchev–Trinajstić information content (AvgIpc) is 2.26. The molecule has 0 aromatic heterocycles. The summed E-state index contributed by atoms with van der Waals surface area (Å²) in [7, 11) is 1.29. The van der Waals surface area contributed by atoms with Crippen LogP contribution < -0.4 is 0 Å². The zero-order valence-corrected chi connectivity index (χ0v) is 11.6. The first-order valence-corrected chi connectivity index (χ1v) is 5.93. The Bertz CT molecular complexity index is 323. The van der Waals surface area contributed by atoms with Gasteiger partial charge in [0.15, 0.2) is 6.10 Å². The summed E-state index contributed by atoms with van der Waals surface area (Å²) >= 11 is 0. The molecular weight excluding hydrogens is 238 g/mol. The summed E-state index contributed by atoms with van der Waals surface area (Å²) in [5.74, 6) is -0.476. The average molecular weight is 259 g/mol. The van der Waals surface area contributed by atoms with Crippen molar-refractivity contribution in [1.29, 1.82) is 0 Å². The number of nitrogens with zero attached hydrogens (tertiary/aromatic N) is 1. The molecule has 1 saturated heterocycles. The van der Waals surface area contributed by atoms with E-state index in [9.17, 15) is 9.59 Å². The van der Waals surface area contributed by atoms with Crippen molar-refractivity contribution >= 4 is 12.1 Å². The molecule has 1 fully saturated rings. The third-order valence-electron chi connectivity index (χ3n) is 2.53. The van der Waals surface area contributed by atoms with Crippen molar-refractivity contribution in [2.75, 3.05) is 20.3 Å². The molecule has 0 aromatic rings. The van der Waals surface area contributed by atoms with E-state index < -0.39 is 23.8 Å². The molecule has 1 aliphatic rings. The fourth-order valence-corrected chi connectivity index (χ4v) is 1.61. The standard InChI is InChI=1S/C12H21NO5/c1-8-7-17-9(10(14)16-5)6-13(8)11(15)18-12(2,3)4/h8-9H,6-7H2,1-5H3/t8-,9?/m0/s1. The minimum atomic E-state index is -0.737. The first kappa shape index (κ1) is 14.8. The predicted molar refractivity (Wildman–Crippen MR) is 64.2 cm³/mol. The van der Waals surface area contributed by atoms with Crippen molar-refractivity contribution < 1.29 is 23.8 Å². The smallest absolute Gasteiger partial charge is 0.410 e. The molecule has 0 aromatic carbocycles. The van der Waals surface area contributed by atoms with Crippen molar-refractivity contribution in [2.24, 2.45) is 0 Å². The second-order valence-corrected chi connectivity index (χ2v) is 5.33. The molecular formula is C12H21NO5. The first-order valence-electron chi connectivity index (χ1n) is 5.93. The zero-order valence-electron chi connectivity index (χ0n) is 11.6. The highest BCUT2D eigenvalue weighted by molar-refractivity contribution is 5.76. The zero-order chi connectivity index (χ0) is 13.9. The van der Waals surface area contributed by atoms with E-state index >= 15 is 0 Å². The summed E-state index contributed by atoms with van der Waals surface area (Å²) in [4.78, 5) is 24.9. The lowest BCUT2D eigenvalue weighted by Gasteiger charge is -2.37. The van der Waals surface area contributed by atoms with Crippen LogP contribution in [0.15, 0.2) is 0 Å². The molecule has 0 saturated carbocycles. The summed E-state index contributed by atoms with van der Waals surface area (Å²) in [5, 5.41) is 0. The molecule has 0 radical (unpaired) electrons. The Morgan fingerprint density at radius 3 is 2.44 bits per heavy atom. The maximum absolute atomic E-state index is 12.0. The van der Waals surface area contributed by atoms with Crippen LogP contribution in [0, 0.1) is 0 Å². The molecule has 1 amide bonds. The maximum Gasteiger partial charge on any atom is 0.410 e. The van der Waals surface area contributed by atoms with E-state index in [0.29, 0.717) is 6.61 Å². The number of amides is 1. The number of ether oxygens (including phenoxy) is 3. The van der Waals surface area contributed by atoms with Crippen LogP contribution in [0.4, 0.5) is 4.79 Å². The van der Waals surface area contributed by atoms with Gasteiger partial charge in [-0.3, -0.25) is 4.90 Å². The Kier molecular flexibility index (Phi) is 4.56. The van der Waals surface area contributed by atoms with Gasteiger partial charge in [0.2, 0.25) is 0 Å². The Balaban J connectivity index is 2.67. The third-order valence-corrected chi connectivity index (χ3v) is 2.53. The number of morpholine rings is 1. The molecule has 2 atom stereocenters. The summed E-state index contributed by atoms with van der Waals surface area (Å²) < 4.78 is 15.2. The van der Waals surface area contributed by atoms with Crippen LogP contribution in [0.2, 0.25) is 0 Å². The molecule has 104 valence electrons. The number of hydrogen-bond donors (Lipinski definition) is 0. The number of rotatable bonds is 1. The number of hydrogen-bond acceptors (Lipinski definition) is 5. The van der Waals surface area contributed by atoms with Crippen molar-refractivity contribution in [1.82, 2.24) is 4.90 Å². The van der Waals surface area contributed by atoms with Crippen molar-refractivity contribution in [3.05, 3.63) is 0 Å². The molecule has 6 nitrogen and oxygen atoms in total. The highest BCUT2D eigenvalue weighted by Gasteiger charge is 2.36. The van der Waals surface area contributed by atoms with Gasteiger partial charge in [-0.2, -0.15) is 0 Å². The Morgan fingerprint density at radius 2 is 1.94 bits per heavy atom. The molecule has 0 spiro atoms. The second kappa shape index (κ2) is 5.56. The fourth-order valence-electron chi connectivity index (χ4n) is 1.61. The molecule has 6 heteroatoms. The molecule has 18 heavy (non-hydrogen) atoms. The highest BCUT2D eigenvalue weighted by atomic mass is 16.6. The number of carbonyl (C=O) groups is 2. The minimum Gasteiger partial charge on any atom is -0.467 e. The Morgan fingerprint density at radius 1 is 1.33 bits per heavy atom. The third kappa shape index (κ3) is 3.87. The van der Waals surface area contributed by atoms with Crippen LogP contribution in [0.25, 0.3) is 0 Å². The van der Waals surface area contributed by atoms with Gasteiger partial charge in [-0.05, 0) is 27.7 Å². The van der Waals surface area contributed by atoms with E-state index in [1.807, 2.05) is 6.92 Å². The number of esters is 1. The summed E-state index contributed by atoms with van der Waals surface area (Å²) in [6, 6.07) is -0.124. The van der Waals surface area contributed by atoms with Crippen LogP contribution in [-0.4, -0.2) is 55.0 Å². The van der Waals surface area contributed by atoms with Crippen LogP contribution in [-0.2, 0) is 19.0 Å². The van der Waals surface area contributed by atoms with Gasteiger partial charge < -0.3 is 14.2 Å². The van der Waals surface area contributed by atoms with Crippen LogP contribution >= 0.6 is 0 Å². The molecule has 1 aliphatic heterocycles. The van der Waals surface area contributed by atoms with Gasteiger partial charge in [0.1, 0.15) is 5.60 Å². The van der Waals surface area contributed by atoms with Gasteiger partial charge in [0.05, 0.1) is 26.3 Å². The Hall–Kier alpha value is -1.30. The molecule has 0 N–H and O–H groups in total. The van der Waals surface area contributed by atoms with E-state index in [1.165, 1.54) is 12.0 Å². The SMILES string of the molecule is COC(=O)C1CN(C(=O)OC(C)(C)C)[C@@H](C)CO1. The van der Waals surface area contributed by atoms with Gasteiger partial charge in [0, 0.05) is 0 Å². The molecule has 1 rings (SSSR count). The lowest BCUT2D eigenvalue weighted by Crippen LogP contribution is -2.54. The molecule has 0 aliphatic carbocycles. The highest BCUT2D eigenvalue weighted by Crippen LogP contribution is 2.17.